The van der Waals surface area contributed by atoms with Gasteiger partial charge in [0.2, 0.25) is 11.8 Å². The fourth-order valence-corrected chi connectivity index (χ4v) is 1.74. The van der Waals surface area contributed by atoms with Gasteiger partial charge in [0.1, 0.15) is 6.10 Å². The molecular formula is C16H25N3O4. The lowest BCUT2D eigenvalue weighted by molar-refractivity contribution is -0.137. The fraction of sp³-hybridized carbons (Fsp3) is 0.500. The first kappa shape index (κ1) is 19.1. The molecule has 0 radical (unpaired) electrons. The third-order valence-corrected chi connectivity index (χ3v) is 3.41. The van der Waals surface area contributed by atoms with E-state index in [-0.39, 0.29) is 25.5 Å². The van der Waals surface area contributed by atoms with Gasteiger partial charge in [0, 0.05) is 24.9 Å². The van der Waals surface area contributed by atoms with Gasteiger partial charge in [-0.3, -0.25) is 15.0 Å². The van der Waals surface area contributed by atoms with Gasteiger partial charge in [0.15, 0.2) is 0 Å². The number of carbonyl (C=O) groups excluding carboxylic acids is 2. The molecule has 0 saturated carbocycles. The third kappa shape index (κ3) is 6.77. The van der Waals surface area contributed by atoms with Gasteiger partial charge in [0.05, 0.1) is 6.61 Å². The molecule has 23 heavy (non-hydrogen) atoms. The van der Waals surface area contributed by atoms with Crippen LogP contribution in [0.4, 0.5) is 0 Å². The Balaban J connectivity index is 2.20. The molecule has 0 fully saturated rings. The van der Waals surface area contributed by atoms with E-state index < -0.39 is 17.4 Å². The summed E-state index contributed by atoms with van der Waals surface area (Å²) in [7, 11) is 0. The van der Waals surface area contributed by atoms with Crippen molar-refractivity contribution in [3.63, 3.8) is 0 Å². The van der Waals surface area contributed by atoms with E-state index >= 15 is 0 Å². The highest BCUT2D eigenvalue weighted by atomic mass is 16.3. The molecule has 7 nitrogen and oxygen atoms in total. The number of hydrazine groups is 1. The Morgan fingerprint density at radius 3 is 2.48 bits per heavy atom. The van der Waals surface area contributed by atoms with Crippen molar-refractivity contribution in [2.75, 3.05) is 13.2 Å². The lowest BCUT2D eigenvalue weighted by Crippen LogP contribution is -2.46. The predicted molar refractivity (Wildman–Crippen MR) is 85.9 cm³/mol. The molecule has 0 bridgehead atoms. The Morgan fingerprint density at radius 2 is 1.87 bits per heavy atom. The summed E-state index contributed by atoms with van der Waals surface area (Å²) in [6, 6.07) is 9.60. The summed E-state index contributed by atoms with van der Waals surface area (Å²) in [4.78, 5) is 23.3. The summed E-state index contributed by atoms with van der Waals surface area (Å²) < 4.78 is 0. The van der Waals surface area contributed by atoms with Crippen LogP contribution in [0, 0.1) is 5.41 Å². The number of nitrogens with one attached hydrogen (secondary N) is 3. The van der Waals surface area contributed by atoms with E-state index in [9.17, 15) is 14.7 Å². The van der Waals surface area contributed by atoms with Gasteiger partial charge < -0.3 is 15.5 Å². The quantitative estimate of drug-likeness (QED) is 0.401. The van der Waals surface area contributed by atoms with Crippen LogP contribution in [0.15, 0.2) is 30.3 Å². The number of hydrogen-bond acceptors (Lipinski definition) is 5. The lowest BCUT2D eigenvalue weighted by atomic mass is 9.87. The molecule has 1 aromatic rings. The predicted octanol–water partition coefficient (Wildman–Crippen LogP) is -0.307. The molecule has 1 atom stereocenters. The van der Waals surface area contributed by atoms with Crippen molar-refractivity contribution in [2.24, 2.45) is 5.41 Å². The molecular weight excluding hydrogens is 298 g/mol. The smallest absolute Gasteiger partial charge is 0.249 e. The Hall–Kier alpha value is -1.96. The van der Waals surface area contributed by atoms with Crippen molar-refractivity contribution < 1.29 is 19.8 Å². The summed E-state index contributed by atoms with van der Waals surface area (Å²) in [5, 5.41) is 21.4. The summed E-state index contributed by atoms with van der Waals surface area (Å²) in [6.07, 6.45) is -1.24. The maximum atomic E-state index is 11.7. The minimum atomic E-state index is -1.33. The second-order valence-electron chi connectivity index (χ2n) is 5.98. The largest absolute Gasteiger partial charge is 0.396 e. The zero-order chi connectivity index (χ0) is 17.3. The van der Waals surface area contributed by atoms with Crippen molar-refractivity contribution in [2.45, 2.75) is 32.9 Å². The van der Waals surface area contributed by atoms with Crippen molar-refractivity contribution in [3.8, 4) is 0 Å². The number of benzene rings is 1. The second kappa shape index (κ2) is 9.24. The van der Waals surface area contributed by atoms with E-state index in [0.717, 1.165) is 5.56 Å². The standard InChI is InChI=1S/C16H25N3O4/c1-16(2,11-20)14(22)15(23)17-9-8-13(21)19-18-10-12-6-4-3-5-7-12/h3-7,14,18,20,22H,8-11H2,1-2H3,(H,17,23)(H,19,21)/t14-/m0/s1. The lowest BCUT2D eigenvalue weighted by Gasteiger charge is -2.27. The van der Waals surface area contributed by atoms with E-state index in [1.54, 1.807) is 13.8 Å². The topological polar surface area (TPSA) is 111 Å². The molecule has 0 aliphatic rings. The monoisotopic (exact) mass is 323 g/mol. The zero-order valence-electron chi connectivity index (χ0n) is 13.5. The number of carbonyl (C=O) groups is 2. The molecule has 2 amide bonds. The molecule has 0 aliphatic heterocycles. The van der Waals surface area contributed by atoms with Gasteiger partial charge in [-0.15, -0.1) is 0 Å². The second-order valence-corrected chi connectivity index (χ2v) is 5.98. The SMILES string of the molecule is CC(C)(CO)[C@@H](O)C(=O)NCCC(=O)NNCc1ccccc1. The first-order chi connectivity index (χ1) is 10.9. The van der Waals surface area contributed by atoms with Gasteiger partial charge in [0.25, 0.3) is 0 Å². The summed E-state index contributed by atoms with van der Waals surface area (Å²) in [6.45, 7) is 3.46. The van der Waals surface area contributed by atoms with Crippen LogP contribution in [0.5, 0.6) is 0 Å². The molecule has 0 saturated heterocycles. The van der Waals surface area contributed by atoms with Gasteiger partial charge in [-0.2, -0.15) is 0 Å². The normalized spacial score (nSPS) is 12.5. The highest BCUT2D eigenvalue weighted by molar-refractivity contribution is 5.82. The van der Waals surface area contributed by atoms with E-state index in [1.165, 1.54) is 0 Å². The fourth-order valence-electron chi connectivity index (χ4n) is 1.74. The van der Waals surface area contributed by atoms with Gasteiger partial charge >= 0.3 is 0 Å². The van der Waals surface area contributed by atoms with Gasteiger partial charge in [-0.1, -0.05) is 44.2 Å². The zero-order valence-corrected chi connectivity index (χ0v) is 13.5. The van der Waals surface area contributed by atoms with Crippen molar-refractivity contribution in [3.05, 3.63) is 35.9 Å². The van der Waals surface area contributed by atoms with Crippen LogP contribution in [0.1, 0.15) is 25.8 Å². The molecule has 128 valence electrons. The minimum absolute atomic E-state index is 0.0831. The summed E-state index contributed by atoms with van der Waals surface area (Å²) >= 11 is 0. The maximum Gasteiger partial charge on any atom is 0.249 e. The molecule has 0 spiro atoms. The highest BCUT2D eigenvalue weighted by Gasteiger charge is 2.32. The van der Waals surface area contributed by atoms with Crippen LogP contribution in [-0.4, -0.2) is 41.3 Å². The van der Waals surface area contributed by atoms with E-state index in [0.29, 0.717) is 6.54 Å². The summed E-state index contributed by atoms with van der Waals surface area (Å²) in [5.74, 6) is -0.869. The van der Waals surface area contributed by atoms with Crippen molar-refractivity contribution in [1.29, 1.82) is 0 Å². The number of amides is 2. The van der Waals surface area contributed by atoms with Crippen LogP contribution in [0.3, 0.4) is 0 Å². The van der Waals surface area contributed by atoms with E-state index in [2.05, 4.69) is 16.2 Å². The van der Waals surface area contributed by atoms with Crippen LogP contribution >= 0.6 is 0 Å². The average molecular weight is 323 g/mol. The first-order valence-corrected chi connectivity index (χ1v) is 7.49. The molecule has 0 unspecified atom stereocenters. The Bertz CT molecular complexity index is 505. The van der Waals surface area contributed by atoms with E-state index in [1.807, 2.05) is 30.3 Å². The third-order valence-electron chi connectivity index (χ3n) is 3.41. The molecule has 0 aromatic heterocycles. The van der Waals surface area contributed by atoms with Crippen molar-refractivity contribution in [1.82, 2.24) is 16.2 Å². The number of aliphatic hydroxyl groups is 2. The molecule has 0 heterocycles. The molecule has 1 aromatic carbocycles. The molecule has 5 N–H and O–H groups in total. The van der Waals surface area contributed by atoms with Gasteiger partial charge in [-0.25, -0.2) is 5.43 Å². The van der Waals surface area contributed by atoms with Crippen molar-refractivity contribution >= 4 is 11.8 Å². The number of hydrogen-bond donors (Lipinski definition) is 5. The molecule has 7 heteroatoms. The molecule has 1 rings (SSSR count). The van der Waals surface area contributed by atoms with E-state index in [4.69, 9.17) is 5.11 Å². The minimum Gasteiger partial charge on any atom is -0.396 e. The number of rotatable bonds is 9. The number of aliphatic hydroxyl groups excluding tert-OH is 2. The Kier molecular flexibility index (Phi) is 7.67. The van der Waals surface area contributed by atoms with Crippen LogP contribution in [0.2, 0.25) is 0 Å². The molecule has 0 aliphatic carbocycles. The summed E-state index contributed by atoms with van der Waals surface area (Å²) in [5.41, 5.74) is 5.44. The Labute approximate surface area is 136 Å². The van der Waals surface area contributed by atoms with Gasteiger partial charge in [-0.05, 0) is 5.56 Å². The average Bonchev–Trinajstić information content (AvgIpc) is 2.55. The first-order valence-electron chi connectivity index (χ1n) is 7.49. The Morgan fingerprint density at radius 1 is 1.22 bits per heavy atom. The van der Waals surface area contributed by atoms with Crippen LogP contribution in [-0.2, 0) is 16.1 Å². The maximum absolute atomic E-state index is 11.7. The van der Waals surface area contributed by atoms with Crippen LogP contribution in [0.25, 0.3) is 0 Å². The van der Waals surface area contributed by atoms with Crippen LogP contribution < -0.4 is 16.2 Å². The highest BCUT2D eigenvalue weighted by Crippen LogP contribution is 2.19.